The molecule has 24 heavy (non-hydrogen) atoms. The molecule has 0 atom stereocenters. The first-order chi connectivity index (χ1) is 11.6. The van der Waals surface area contributed by atoms with Gasteiger partial charge in [-0.1, -0.05) is 0 Å². The molecule has 0 unspecified atom stereocenters. The van der Waals surface area contributed by atoms with Crippen molar-refractivity contribution < 1.29 is 9.47 Å². The molecule has 0 saturated carbocycles. The van der Waals surface area contributed by atoms with Crippen molar-refractivity contribution >= 4 is 17.3 Å². The molecule has 1 N–H and O–H groups in total. The normalized spacial score (nSPS) is 11.2. The lowest BCUT2D eigenvalue weighted by atomic mass is 10.3. The van der Waals surface area contributed by atoms with E-state index in [0.717, 1.165) is 34.7 Å². The summed E-state index contributed by atoms with van der Waals surface area (Å²) in [4.78, 5) is 10.8. The fraction of sp³-hybridized carbons (Fsp3) is 0.412. The zero-order valence-electron chi connectivity index (χ0n) is 14.6. The van der Waals surface area contributed by atoms with Crippen LogP contribution in [-0.2, 0) is 6.54 Å². The van der Waals surface area contributed by atoms with Crippen molar-refractivity contribution in [2.45, 2.75) is 13.5 Å². The molecule has 0 aliphatic heterocycles. The van der Waals surface area contributed by atoms with Crippen LogP contribution in [0.4, 0.5) is 0 Å². The Balaban J connectivity index is 1.74. The Morgan fingerprint density at radius 1 is 1.29 bits per heavy atom. The number of thiazole rings is 1. The first kappa shape index (κ1) is 18.1. The van der Waals surface area contributed by atoms with Crippen LogP contribution < -0.4 is 14.8 Å². The maximum atomic E-state index is 5.70. The Labute approximate surface area is 147 Å². The van der Waals surface area contributed by atoms with Crippen LogP contribution in [0.2, 0.25) is 0 Å². The molecule has 0 aliphatic rings. The van der Waals surface area contributed by atoms with Crippen LogP contribution in [0, 0.1) is 6.92 Å². The van der Waals surface area contributed by atoms with E-state index in [0.29, 0.717) is 13.2 Å². The molecule has 0 fully saturated rings. The zero-order valence-corrected chi connectivity index (χ0v) is 15.4. The molecule has 1 aromatic heterocycles. The van der Waals surface area contributed by atoms with Gasteiger partial charge in [0.15, 0.2) is 5.96 Å². The Morgan fingerprint density at radius 2 is 2.00 bits per heavy atom. The number of benzene rings is 1. The van der Waals surface area contributed by atoms with Crippen molar-refractivity contribution in [2.75, 3.05) is 34.4 Å². The number of rotatable bonds is 7. The molecule has 0 radical (unpaired) electrons. The molecule has 2 aromatic rings. The number of nitrogens with one attached hydrogen (secondary N) is 1. The van der Waals surface area contributed by atoms with E-state index in [4.69, 9.17) is 9.47 Å². The van der Waals surface area contributed by atoms with Gasteiger partial charge < -0.3 is 19.7 Å². The molecule has 0 amide bonds. The number of nitrogens with zero attached hydrogens (tertiary/aromatic N) is 3. The number of aryl methyl sites for hydroxylation is 1. The van der Waals surface area contributed by atoms with Gasteiger partial charge in [-0.05, 0) is 31.2 Å². The third-order valence-corrected chi connectivity index (χ3v) is 4.17. The van der Waals surface area contributed by atoms with Crippen LogP contribution in [-0.4, -0.2) is 50.2 Å². The molecule has 1 heterocycles. The van der Waals surface area contributed by atoms with E-state index in [1.54, 1.807) is 25.5 Å². The number of hydrogen-bond donors (Lipinski definition) is 1. The topological polar surface area (TPSA) is 59.0 Å². The summed E-state index contributed by atoms with van der Waals surface area (Å²) in [6.45, 7) is 3.95. The summed E-state index contributed by atoms with van der Waals surface area (Å²) in [5.74, 6) is 2.46. The minimum atomic E-state index is 0.551. The second kappa shape index (κ2) is 9.12. The fourth-order valence-corrected chi connectivity index (χ4v) is 2.79. The lowest BCUT2D eigenvalue weighted by molar-refractivity contribution is 0.318. The molecule has 0 aliphatic carbocycles. The van der Waals surface area contributed by atoms with Crippen LogP contribution in [0.15, 0.2) is 34.6 Å². The summed E-state index contributed by atoms with van der Waals surface area (Å²) in [6, 6.07) is 7.55. The third kappa shape index (κ3) is 5.42. The van der Waals surface area contributed by atoms with Crippen molar-refractivity contribution in [3.05, 3.63) is 40.3 Å². The van der Waals surface area contributed by atoms with Crippen LogP contribution in [0.1, 0.15) is 10.7 Å². The second-order valence-electron chi connectivity index (χ2n) is 5.21. The highest BCUT2D eigenvalue weighted by molar-refractivity contribution is 7.09. The molecule has 6 nitrogen and oxygen atoms in total. The number of methoxy groups -OCH3 is 1. The van der Waals surface area contributed by atoms with E-state index in [1.807, 2.05) is 43.1 Å². The second-order valence-corrected chi connectivity index (χ2v) is 6.27. The van der Waals surface area contributed by atoms with Gasteiger partial charge in [0, 0.05) is 19.5 Å². The quantitative estimate of drug-likeness (QED) is 0.473. The van der Waals surface area contributed by atoms with Gasteiger partial charge in [-0.3, -0.25) is 4.99 Å². The van der Waals surface area contributed by atoms with Crippen LogP contribution in [0.5, 0.6) is 11.5 Å². The zero-order chi connectivity index (χ0) is 17.4. The molecule has 0 saturated heterocycles. The summed E-state index contributed by atoms with van der Waals surface area (Å²) in [6.07, 6.45) is 0. The summed E-state index contributed by atoms with van der Waals surface area (Å²) >= 11 is 1.66. The molecule has 0 spiro atoms. The minimum absolute atomic E-state index is 0.551. The highest BCUT2D eigenvalue weighted by Crippen LogP contribution is 2.16. The van der Waals surface area contributed by atoms with E-state index in [-0.39, 0.29) is 0 Å². The number of hydrogen-bond acceptors (Lipinski definition) is 5. The van der Waals surface area contributed by atoms with E-state index in [2.05, 4.69) is 20.7 Å². The summed E-state index contributed by atoms with van der Waals surface area (Å²) < 4.78 is 10.8. The van der Waals surface area contributed by atoms with Crippen molar-refractivity contribution in [3.8, 4) is 11.5 Å². The Morgan fingerprint density at radius 3 is 2.58 bits per heavy atom. The van der Waals surface area contributed by atoms with Gasteiger partial charge in [-0.15, -0.1) is 11.3 Å². The van der Waals surface area contributed by atoms with Gasteiger partial charge in [0.25, 0.3) is 0 Å². The first-order valence-corrected chi connectivity index (χ1v) is 8.60. The highest BCUT2D eigenvalue weighted by atomic mass is 32.1. The smallest absolute Gasteiger partial charge is 0.193 e. The maximum absolute atomic E-state index is 5.70. The van der Waals surface area contributed by atoms with Crippen molar-refractivity contribution in [1.82, 2.24) is 15.2 Å². The van der Waals surface area contributed by atoms with Gasteiger partial charge in [-0.25, -0.2) is 4.98 Å². The Hall–Kier alpha value is -2.28. The predicted molar refractivity (Wildman–Crippen MR) is 98.2 cm³/mol. The SMILES string of the molecule is CN=C(NCCOc1ccc(OC)cc1)N(C)Cc1csc(C)n1. The number of guanidine groups is 1. The standard InChI is InChI=1S/C17H24N4O2S/c1-13-20-14(12-24-13)11-21(3)17(18-2)19-9-10-23-16-7-5-15(22-4)6-8-16/h5-8,12H,9-11H2,1-4H3,(H,18,19). The number of aliphatic imine (C=N–C) groups is 1. The largest absolute Gasteiger partial charge is 0.497 e. The highest BCUT2D eigenvalue weighted by Gasteiger charge is 2.08. The molecular formula is C17H24N4O2S. The van der Waals surface area contributed by atoms with E-state index in [9.17, 15) is 0 Å². The van der Waals surface area contributed by atoms with Crippen LogP contribution in [0.25, 0.3) is 0 Å². The summed E-state index contributed by atoms with van der Waals surface area (Å²) in [7, 11) is 5.42. The average Bonchev–Trinajstić information content (AvgIpc) is 3.00. The predicted octanol–water partition coefficient (Wildman–Crippen LogP) is 2.55. The van der Waals surface area contributed by atoms with E-state index >= 15 is 0 Å². The number of ether oxygens (including phenoxy) is 2. The van der Waals surface area contributed by atoms with Crippen molar-refractivity contribution in [2.24, 2.45) is 4.99 Å². The van der Waals surface area contributed by atoms with Gasteiger partial charge in [0.1, 0.15) is 18.1 Å². The van der Waals surface area contributed by atoms with Crippen molar-refractivity contribution in [3.63, 3.8) is 0 Å². The molecule has 130 valence electrons. The minimum Gasteiger partial charge on any atom is -0.497 e. The average molecular weight is 348 g/mol. The lowest BCUT2D eigenvalue weighted by Crippen LogP contribution is -2.40. The van der Waals surface area contributed by atoms with Gasteiger partial charge in [0.2, 0.25) is 0 Å². The molecule has 0 bridgehead atoms. The lowest BCUT2D eigenvalue weighted by Gasteiger charge is -2.21. The number of aromatic nitrogens is 1. The van der Waals surface area contributed by atoms with Crippen molar-refractivity contribution in [1.29, 1.82) is 0 Å². The van der Waals surface area contributed by atoms with E-state index in [1.165, 1.54) is 0 Å². The maximum Gasteiger partial charge on any atom is 0.193 e. The summed E-state index contributed by atoms with van der Waals surface area (Å²) in [5, 5.41) is 6.44. The molecule has 1 aromatic carbocycles. The molecular weight excluding hydrogens is 324 g/mol. The van der Waals surface area contributed by atoms with Crippen LogP contribution >= 0.6 is 11.3 Å². The Bertz CT molecular complexity index is 655. The van der Waals surface area contributed by atoms with Gasteiger partial charge in [0.05, 0.1) is 30.9 Å². The van der Waals surface area contributed by atoms with Gasteiger partial charge in [-0.2, -0.15) is 0 Å². The van der Waals surface area contributed by atoms with Gasteiger partial charge >= 0.3 is 0 Å². The van der Waals surface area contributed by atoms with E-state index < -0.39 is 0 Å². The molecule has 2 rings (SSSR count). The monoisotopic (exact) mass is 348 g/mol. The third-order valence-electron chi connectivity index (χ3n) is 3.35. The van der Waals surface area contributed by atoms with Crippen LogP contribution in [0.3, 0.4) is 0 Å². The fourth-order valence-electron chi connectivity index (χ4n) is 2.19. The molecule has 7 heteroatoms. The summed E-state index contributed by atoms with van der Waals surface area (Å²) in [5.41, 5.74) is 1.05. The first-order valence-electron chi connectivity index (χ1n) is 7.72. The Kier molecular flexibility index (Phi) is 6.87.